The molecule has 0 aliphatic rings. The molecule has 0 spiro atoms. The molecule has 2 N–H and O–H groups in total. The van der Waals surface area contributed by atoms with Crippen LogP contribution in [0.15, 0.2) is 24.3 Å². The maximum Gasteiger partial charge on any atom is 0.407 e. The normalized spacial score (nSPS) is 11.9. The van der Waals surface area contributed by atoms with E-state index >= 15 is 0 Å². The Morgan fingerprint density at radius 3 is 2.52 bits per heavy atom. The SMILES string of the molecule is CC(C)(C)OC(=O)NCC(F)(F)Cc1ccccc1OCCO. The van der Waals surface area contributed by atoms with Crippen LogP contribution in [0.3, 0.4) is 0 Å². The smallest absolute Gasteiger partial charge is 0.407 e. The Kier molecular flexibility index (Phi) is 6.75. The second kappa shape index (κ2) is 8.10. The van der Waals surface area contributed by atoms with Gasteiger partial charge in [0.05, 0.1) is 13.2 Å². The number of nitrogens with one attached hydrogen (secondary N) is 1. The predicted molar refractivity (Wildman–Crippen MR) is 81.9 cm³/mol. The molecule has 0 radical (unpaired) electrons. The average molecular weight is 331 g/mol. The highest BCUT2D eigenvalue weighted by molar-refractivity contribution is 5.67. The lowest BCUT2D eigenvalue weighted by atomic mass is 10.1. The number of halogens is 2. The zero-order valence-electron chi connectivity index (χ0n) is 13.6. The Morgan fingerprint density at radius 2 is 1.91 bits per heavy atom. The van der Waals surface area contributed by atoms with Gasteiger partial charge in [0.2, 0.25) is 0 Å². The summed E-state index contributed by atoms with van der Waals surface area (Å²) in [4.78, 5) is 11.4. The number of aliphatic hydroxyl groups excluding tert-OH is 1. The Balaban J connectivity index is 2.63. The van der Waals surface area contributed by atoms with E-state index in [4.69, 9.17) is 14.6 Å². The minimum Gasteiger partial charge on any atom is -0.491 e. The van der Waals surface area contributed by atoms with Gasteiger partial charge in [0, 0.05) is 12.0 Å². The summed E-state index contributed by atoms with van der Waals surface area (Å²) in [5, 5.41) is 10.8. The van der Waals surface area contributed by atoms with E-state index in [1.54, 1.807) is 39.0 Å². The monoisotopic (exact) mass is 331 g/mol. The second-order valence-corrected chi connectivity index (χ2v) is 6.07. The topological polar surface area (TPSA) is 67.8 Å². The molecule has 23 heavy (non-hydrogen) atoms. The third-order valence-electron chi connectivity index (χ3n) is 2.66. The molecule has 1 aromatic rings. The third kappa shape index (κ3) is 7.78. The van der Waals surface area contributed by atoms with Gasteiger partial charge in [0.1, 0.15) is 18.0 Å². The van der Waals surface area contributed by atoms with Gasteiger partial charge in [-0.2, -0.15) is 0 Å². The summed E-state index contributed by atoms with van der Waals surface area (Å²) < 4.78 is 38.2. The molecule has 1 amide bonds. The van der Waals surface area contributed by atoms with E-state index < -0.39 is 30.6 Å². The number of carbonyl (C=O) groups is 1. The molecule has 1 aromatic carbocycles. The van der Waals surface area contributed by atoms with E-state index in [1.165, 1.54) is 6.07 Å². The number of alkyl carbamates (subject to hydrolysis) is 1. The standard InChI is InChI=1S/C16H23F2NO4/c1-15(2,3)23-14(21)19-11-16(17,18)10-12-6-4-5-7-13(12)22-9-8-20/h4-7,20H,8-11H2,1-3H3,(H,19,21). The van der Waals surface area contributed by atoms with Gasteiger partial charge in [-0.05, 0) is 26.8 Å². The van der Waals surface area contributed by atoms with Gasteiger partial charge in [-0.1, -0.05) is 18.2 Å². The first-order valence-corrected chi connectivity index (χ1v) is 7.29. The van der Waals surface area contributed by atoms with Crippen LogP contribution >= 0.6 is 0 Å². The van der Waals surface area contributed by atoms with Crippen LogP contribution in [-0.4, -0.2) is 42.5 Å². The Labute approximate surface area is 134 Å². The Bertz CT molecular complexity index is 515. The largest absolute Gasteiger partial charge is 0.491 e. The van der Waals surface area contributed by atoms with Gasteiger partial charge in [-0.15, -0.1) is 0 Å². The zero-order valence-corrected chi connectivity index (χ0v) is 13.6. The van der Waals surface area contributed by atoms with Crippen LogP contribution in [0, 0.1) is 0 Å². The Morgan fingerprint density at radius 1 is 1.26 bits per heavy atom. The van der Waals surface area contributed by atoms with E-state index in [1.807, 2.05) is 0 Å². The van der Waals surface area contributed by atoms with Crippen molar-refractivity contribution < 1.29 is 28.2 Å². The van der Waals surface area contributed by atoms with Crippen molar-refractivity contribution in [3.8, 4) is 5.75 Å². The van der Waals surface area contributed by atoms with Gasteiger partial charge in [0.25, 0.3) is 5.92 Å². The molecular formula is C16H23F2NO4. The van der Waals surface area contributed by atoms with E-state index in [-0.39, 0.29) is 13.2 Å². The fraction of sp³-hybridized carbons (Fsp3) is 0.562. The zero-order chi connectivity index (χ0) is 17.5. The van der Waals surface area contributed by atoms with Crippen LogP contribution in [0.25, 0.3) is 0 Å². The number of hydrogen-bond donors (Lipinski definition) is 2. The van der Waals surface area contributed by atoms with Gasteiger partial charge in [-0.25, -0.2) is 13.6 Å². The summed E-state index contributed by atoms with van der Waals surface area (Å²) in [6, 6.07) is 6.36. The van der Waals surface area contributed by atoms with Crippen LogP contribution < -0.4 is 10.1 Å². The first kappa shape index (κ1) is 19.2. The highest BCUT2D eigenvalue weighted by atomic mass is 19.3. The highest BCUT2D eigenvalue weighted by Gasteiger charge is 2.32. The molecule has 0 atom stereocenters. The molecule has 5 nitrogen and oxygen atoms in total. The Hall–Kier alpha value is -1.89. The first-order chi connectivity index (χ1) is 10.6. The van der Waals surface area contributed by atoms with Crippen LogP contribution in [0.2, 0.25) is 0 Å². The lowest BCUT2D eigenvalue weighted by Gasteiger charge is -2.22. The van der Waals surface area contributed by atoms with E-state index in [0.717, 1.165) is 0 Å². The molecule has 7 heteroatoms. The van der Waals surface area contributed by atoms with Crippen molar-refractivity contribution in [3.63, 3.8) is 0 Å². The number of benzene rings is 1. The van der Waals surface area contributed by atoms with Crippen molar-refractivity contribution in [2.24, 2.45) is 0 Å². The maximum absolute atomic E-state index is 14.0. The fourth-order valence-electron chi connectivity index (χ4n) is 1.80. The molecule has 0 saturated carbocycles. The van der Waals surface area contributed by atoms with Crippen molar-refractivity contribution in [1.29, 1.82) is 0 Å². The first-order valence-electron chi connectivity index (χ1n) is 7.29. The fourth-order valence-corrected chi connectivity index (χ4v) is 1.80. The van der Waals surface area contributed by atoms with Gasteiger partial charge >= 0.3 is 6.09 Å². The van der Waals surface area contributed by atoms with Crippen LogP contribution in [-0.2, 0) is 11.2 Å². The third-order valence-corrected chi connectivity index (χ3v) is 2.66. The molecule has 0 bridgehead atoms. The van der Waals surface area contributed by atoms with E-state index in [0.29, 0.717) is 11.3 Å². The molecular weight excluding hydrogens is 308 g/mol. The van der Waals surface area contributed by atoms with E-state index in [9.17, 15) is 13.6 Å². The van der Waals surface area contributed by atoms with Crippen molar-refractivity contribution in [3.05, 3.63) is 29.8 Å². The summed E-state index contributed by atoms with van der Waals surface area (Å²) >= 11 is 0. The number of hydrogen-bond acceptors (Lipinski definition) is 4. The van der Waals surface area contributed by atoms with Crippen molar-refractivity contribution >= 4 is 6.09 Å². The lowest BCUT2D eigenvalue weighted by Crippen LogP contribution is -2.40. The highest BCUT2D eigenvalue weighted by Crippen LogP contribution is 2.26. The number of alkyl halides is 2. The van der Waals surface area contributed by atoms with Crippen molar-refractivity contribution in [2.75, 3.05) is 19.8 Å². The molecule has 1 rings (SSSR count). The van der Waals surface area contributed by atoms with Crippen LogP contribution in [0.1, 0.15) is 26.3 Å². The second-order valence-electron chi connectivity index (χ2n) is 6.07. The minimum atomic E-state index is -3.16. The van der Waals surface area contributed by atoms with Gasteiger partial charge in [0.15, 0.2) is 0 Å². The van der Waals surface area contributed by atoms with Crippen LogP contribution in [0.5, 0.6) is 5.75 Å². The quantitative estimate of drug-likeness (QED) is 0.806. The minimum absolute atomic E-state index is 0.0265. The molecule has 0 aliphatic heterocycles. The summed E-state index contributed by atoms with van der Waals surface area (Å²) in [6.45, 7) is 3.94. The summed E-state index contributed by atoms with van der Waals surface area (Å²) in [5.41, 5.74) is -0.443. The molecule has 0 saturated heterocycles. The molecule has 0 unspecified atom stereocenters. The number of carbonyl (C=O) groups excluding carboxylic acids is 1. The van der Waals surface area contributed by atoms with E-state index in [2.05, 4.69) is 5.32 Å². The predicted octanol–water partition coefficient (Wildman–Crippen LogP) is 2.76. The summed E-state index contributed by atoms with van der Waals surface area (Å²) in [7, 11) is 0. The number of amides is 1. The van der Waals surface area contributed by atoms with Gasteiger partial charge in [-0.3, -0.25) is 0 Å². The number of ether oxygens (including phenoxy) is 2. The molecule has 0 heterocycles. The number of rotatable bonds is 7. The maximum atomic E-state index is 14.0. The summed E-state index contributed by atoms with van der Waals surface area (Å²) in [5.74, 6) is -2.87. The average Bonchev–Trinajstić information content (AvgIpc) is 2.42. The van der Waals surface area contributed by atoms with Crippen LogP contribution in [0.4, 0.5) is 13.6 Å². The molecule has 0 aliphatic carbocycles. The molecule has 0 fully saturated rings. The van der Waals surface area contributed by atoms with Crippen molar-refractivity contribution in [1.82, 2.24) is 5.32 Å². The lowest BCUT2D eigenvalue weighted by molar-refractivity contribution is -0.00462. The number of para-hydroxylation sites is 1. The van der Waals surface area contributed by atoms with Gasteiger partial charge < -0.3 is 19.9 Å². The molecule has 0 aromatic heterocycles. The van der Waals surface area contributed by atoms with Crippen molar-refractivity contribution in [2.45, 2.75) is 38.7 Å². The number of aliphatic hydroxyl groups is 1. The summed E-state index contributed by atoms with van der Waals surface area (Å²) in [6.07, 6.45) is -1.48. The molecule has 130 valence electrons.